The molecule has 1 N–H and O–H groups in total. The number of nitrogens with zero attached hydrogens (tertiary/aromatic N) is 3. The van der Waals surface area contributed by atoms with Gasteiger partial charge >= 0.3 is 0 Å². The van der Waals surface area contributed by atoms with Gasteiger partial charge in [-0.15, -0.1) is 0 Å². The highest BCUT2D eigenvalue weighted by molar-refractivity contribution is 5.27. The van der Waals surface area contributed by atoms with Crippen molar-refractivity contribution >= 4 is 5.95 Å². The summed E-state index contributed by atoms with van der Waals surface area (Å²) in [4.78, 5) is 6.34. The lowest BCUT2D eigenvalue weighted by Crippen LogP contribution is -2.54. The molecule has 14 heavy (non-hydrogen) atoms. The predicted octanol–water partition coefficient (Wildman–Crippen LogP) is 0.387. The quantitative estimate of drug-likeness (QED) is 0.757. The summed E-state index contributed by atoms with van der Waals surface area (Å²) in [6.07, 6.45) is 0. The van der Waals surface area contributed by atoms with E-state index in [0.29, 0.717) is 5.95 Å². The van der Waals surface area contributed by atoms with Crippen molar-refractivity contribution in [1.82, 2.24) is 15.5 Å². The van der Waals surface area contributed by atoms with Gasteiger partial charge in [-0.3, -0.25) is 0 Å². The SMILES string of the molecule is CCN(C)c1noc(C2(C)CNC2)n1. The average Bonchev–Trinajstić information content (AvgIpc) is 2.62. The summed E-state index contributed by atoms with van der Waals surface area (Å²) in [5.41, 5.74) is 0.0415. The van der Waals surface area contributed by atoms with E-state index >= 15 is 0 Å². The summed E-state index contributed by atoms with van der Waals surface area (Å²) in [5, 5.41) is 7.16. The Morgan fingerprint density at radius 2 is 2.29 bits per heavy atom. The fraction of sp³-hybridized carbons (Fsp3) is 0.778. The third-order valence-electron chi connectivity index (χ3n) is 2.78. The van der Waals surface area contributed by atoms with Crippen molar-refractivity contribution in [3.8, 4) is 0 Å². The minimum atomic E-state index is 0.0415. The van der Waals surface area contributed by atoms with E-state index in [1.54, 1.807) is 0 Å². The highest BCUT2D eigenvalue weighted by Crippen LogP contribution is 2.27. The Bertz CT molecular complexity index is 318. The first-order valence-corrected chi connectivity index (χ1v) is 4.92. The van der Waals surface area contributed by atoms with Gasteiger partial charge in [-0.05, 0) is 19.0 Å². The molecule has 1 aromatic rings. The molecule has 0 saturated carbocycles. The third-order valence-corrected chi connectivity index (χ3v) is 2.78. The monoisotopic (exact) mass is 196 g/mol. The second-order valence-corrected chi connectivity index (χ2v) is 4.08. The number of rotatable bonds is 3. The van der Waals surface area contributed by atoms with Crippen LogP contribution in [0, 0.1) is 0 Å². The molecule has 0 atom stereocenters. The van der Waals surface area contributed by atoms with Crippen molar-refractivity contribution < 1.29 is 4.52 Å². The Morgan fingerprint density at radius 3 is 2.79 bits per heavy atom. The van der Waals surface area contributed by atoms with Gasteiger partial charge in [0.2, 0.25) is 5.89 Å². The molecule has 5 nitrogen and oxygen atoms in total. The zero-order chi connectivity index (χ0) is 10.2. The molecule has 1 aliphatic rings. The Morgan fingerprint density at radius 1 is 1.57 bits per heavy atom. The van der Waals surface area contributed by atoms with Crippen LogP contribution in [0.25, 0.3) is 0 Å². The molecule has 2 heterocycles. The topological polar surface area (TPSA) is 54.2 Å². The van der Waals surface area contributed by atoms with Crippen LogP contribution in [-0.4, -0.2) is 36.8 Å². The van der Waals surface area contributed by atoms with E-state index in [0.717, 1.165) is 25.5 Å². The molecule has 0 unspecified atom stereocenters. The standard InChI is InChI=1S/C9H16N4O/c1-4-13(3)8-11-7(14-12-8)9(2)5-10-6-9/h10H,4-6H2,1-3H3. The van der Waals surface area contributed by atoms with E-state index in [4.69, 9.17) is 4.52 Å². The molecule has 1 fully saturated rings. The third kappa shape index (κ3) is 1.37. The lowest BCUT2D eigenvalue weighted by molar-refractivity contribution is 0.219. The number of hydrogen-bond acceptors (Lipinski definition) is 5. The highest BCUT2D eigenvalue weighted by Gasteiger charge is 2.39. The lowest BCUT2D eigenvalue weighted by Gasteiger charge is -2.35. The van der Waals surface area contributed by atoms with Crippen molar-refractivity contribution in [2.75, 3.05) is 31.6 Å². The molecule has 0 spiro atoms. The first-order chi connectivity index (χ1) is 6.65. The summed E-state index contributed by atoms with van der Waals surface area (Å²) in [6, 6.07) is 0. The maximum absolute atomic E-state index is 5.25. The molecular weight excluding hydrogens is 180 g/mol. The van der Waals surface area contributed by atoms with Gasteiger partial charge in [-0.2, -0.15) is 4.98 Å². The van der Waals surface area contributed by atoms with Crippen LogP contribution in [-0.2, 0) is 5.41 Å². The lowest BCUT2D eigenvalue weighted by atomic mass is 9.84. The molecule has 1 saturated heterocycles. The van der Waals surface area contributed by atoms with E-state index in [2.05, 4.69) is 29.3 Å². The van der Waals surface area contributed by atoms with Crippen molar-refractivity contribution in [3.63, 3.8) is 0 Å². The number of nitrogens with one attached hydrogen (secondary N) is 1. The Hall–Kier alpha value is -1.10. The van der Waals surface area contributed by atoms with Crippen LogP contribution in [0.4, 0.5) is 5.95 Å². The number of aromatic nitrogens is 2. The van der Waals surface area contributed by atoms with E-state index in [9.17, 15) is 0 Å². The minimum Gasteiger partial charge on any atom is -0.342 e. The molecule has 5 heteroatoms. The molecule has 1 aliphatic heterocycles. The van der Waals surface area contributed by atoms with Gasteiger partial charge in [0.15, 0.2) is 0 Å². The summed E-state index contributed by atoms with van der Waals surface area (Å²) < 4.78 is 5.25. The fourth-order valence-electron chi connectivity index (χ4n) is 1.41. The van der Waals surface area contributed by atoms with Crippen molar-refractivity contribution in [1.29, 1.82) is 0 Å². The van der Waals surface area contributed by atoms with Crippen molar-refractivity contribution in [3.05, 3.63) is 5.89 Å². The van der Waals surface area contributed by atoms with E-state index in [1.165, 1.54) is 0 Å². The molecule has 0 aromatic carbocycles. The van der Waals surface area contributed by atoms with Crippen LogP contribution in [0.15, 0.2) is 4.52 Å². The molecule has 0 bridgehead atoms. The molecule has 1 aromatic heterocycles. The largest absolute Gasteiger partial charge is 0.342 e. The van der Waals surface area contributed by atoms with Crippen LogP contribution in [0.3, 0.4) is 0 Å². The summed E-state index contributed by atoms with van der Waals surface area (Å²) >= 11 is 0. The van der Waals surface area contributed by atoms with Gasteiger partial charge in [0.1, 0.15) is 0 Å². The highest BCUT2D eigenvalue weighted by atomic mass is 16.5. The maximum Gasteiger partial charge on any atom is 0.265 e. The maximum atomic E-state index is 5.25. The summed E-state index contributed by atoms with van der Waals surface area (Å²) in [7, 11) is 1.95. The molecule has 0 amide bonds. The van der Waals surface area contributed by atoms with Crippen LogP contribution in [0.1, 0.15) is 19.7 Å². The van der Waals surface area contributed by atoms with E-state index in [-0.39, 0.29) is 5.41 Å². The van der Waals surface area contributed by atoms with E-state index < -0.39 is 0 Å². The van der Waals surface area contributed by atoms with Gasteiger partial charge in [0, 0.05) is 26.7 Å². The summed E-state index contributed by atoms with van der Waals surface area (Å²) in [6.45, 7) is 6.91. The van der Waals surface area contributed by atoms with Gasteiger partial charge in [0.25, 0.3) is 5.95 Å². The molecular formula is C9H16N4O. The van der Waals surface area contributed by atoms with E-state index in [1.807, 2.05) is 11.9 Å². The van der Waals surface area contributed by atoms with Crippen LogP contribution >= 0.6 is 0 Å². The van der Waals surface area contributed by atoms with Gasteiger partial charge in [0.05, 0.1) is 5.41 Å². The number of hydrogen-bond donors (Lipinski definition) is 1. The normalized spacial score (nSPS) is 19.1. The smallest absolute Gasteiger partial charge is 0.265 e. The zero-order valence-electron chi connectivity index (χ0n) is 8.87. The fourth-order valence-corrected chi connectivity index (χ4v) is 1.41. The van der Waals surface area contributed by atoms with Crippen molar-refractivity contribution in [2.45, 2.75) is 19.3 Å². The Kier molecular flexibility index (Phi) is 2.19. The second kappa shape index (κ2) is 3.24. The van der Waals surface area contributed by atoms with Crippen LogP contribution in [0.5, 0.6) is 0 Å². The predicted molar refractivity (Wildman–Crippen MR) is 53.5 cm³/mol. The van der Waals surface area contributed by atoms with Gasteiger partial charge < -0.3 is 14.7 Å². The Labute approximate surface area is 83.5 Å². The average molecular weight is 196 g/mol. The molecule has 78 valence electrons. The Balaban J connectivity index is 2.17. The van der Waals surface area contributed by atoms with Gasteiger partial charge in [-0.1, -0.05) is 0 Å². The minimum absolute atomic E-state index is 0.0415. The van der Waals surface area contributed by atoms with Crippen molar-refractivity contribution in [2.24, 2.45) is 0 Å². The summed E-state index contributed by atoms with van der Waals surface area (Å²) in [5.74, 6) is 1.42. The zero-order valence-corrected chi connectivity index (χ0v) is 8.87. The second-order valence-electron chi connectivity index (χ2n) is 4.08. The van der Waals surface area contributed by atoms with Crippen LogP contribution in [0.2, 0.25) is 0 Å². The van der Waals surface area contributed by atoms with Gasteiger partial charge in [-0.25, -0.2) is 0 Å². The first kappa shape index (κ1) is 9.45. The number of anilines is 1. The van der Waals surface area contributed by atoms with Crippen LogP contribution < -0.4 is 10.2 Å². The first-order valence-electron chi connectivity index (χ1n) is 4.92. The molecule has 0 radical (unpaired) electrons. The molecule has 0 aliphatic carbocycles. The molecule has 2 rings (SSSR count).